The van der Waals surface area contributed by atoms with Gasteiger partial charge in [-0.2, -0.15) is 0 Å². The maximum atomic E-state index is 11.3. The van der Waals surface area contributed by atoms with Crippen molar-refractivity contribution in [2.45, 2.75) is 6.61 Å². The maximum Gasteiger partial charge on any atom is 0.275 e. The van der Waals surface area contributed by atoms with E-state index in [2.05, 4.69) is 28.0 Å². The van der Waals surface area contributed by atoms with Gasteiger partial charge in [-0.25, -0.2) is 5.84 Å². The van der Waals surface area contributed by atoms with Gasteiger partial charge in [0.1, 0.15) is 12.4 Å². The summed E-state index contributed by atoms with van der Waals surface area (Å²) in [6.45, 7) is 0.448. The van der Waals surface area contributed by atoms with Crippen LogP contribution in [-0.4, -0.2) is 5.91 Å². The first kappa shape index (κ1) is 13.3. The molecule has 0 bridgehead atoms. The fraction of sp³-hybridized carbons (Fsp3) is 0.0833. The second kappa shape index (κ2) is 6.17. The number of amides is 1. The van der Waals surface area contributed by atoms with Gasteiger partial charge in [-0.1, -0.05) is 0 Å². The number of halogens is 1. The molecule has 2 rings (SSSR count). The van der Waals surface area contributed by atoms with Gasteiger partial charge in [-0.15, -0.1) is 11.3 Å². The molecule has 18 heavy (non-hydrogen) atoms. The zero-order valence-corrected chi connectivity index (χ0v) is 12.3. The summed E-state index contributed by atoms with van der Waals surface area (Å²) in [5, 5.41) is 0. The molecule has 0 fully saturated rings. The Bertz CT molecular complexity index is 539. The molecule has 1 amide bonds. The van der Waals surface area contributed by atoms with Crippen molar-refractivity contribution in [2.75, 3.05) is 0 Å². The first-order chi connectivity index (χ1) is 8.69. The molecule has 0 radical (unpaired) electrons. The van der Waals surface area contributed by atoms with Gasteiger partial charge in [0.15, 0.2) is 0 Å². The number of hydrogen-bond donors (Lipinski definition) is 2. The molecular weight excluding hydrogens is 363 g/mol. The summed E-state index contributed by atoms with van der Waals surface area (Å²) < 4.78 is 6.78. The molecule has 0 aliphatic carbocycles. The summed E-state index contributed by atoms with van der Waals surface area (Å²) in [5.41, 5.74) is 2.10. The fourth-order valence-electron chi connectivity index (χ4n) is 1.33. The van der Waals surface area contributed by atoms with Crippen LogP contribution in [0.1, 0.15) is 14.5 Å². The third-order valence-corrected chi connectivity index (χ3v) is 3.99. The van der Waals surface area contributed by atoms with Crippen molar-refractivity contribution in [1.82, 2.24) is 5.43 Å². The molecule has 0 aliphatic rings. The van der Waals surface area contributed by atoms with Crippen LogP contribution in [0.3, 0.4) is 0 Å². The van der Waals surface area contributed by atoms with Gasteiger partial charge >= 0.3 is 0 Å². The number of ether oxygens (including phenoxy) is 1. The van der Waals surface area contributed by atoms with E-state index in [-0.39, 0.29) is 5.91 Å². The van der Waals surface area contributed by atoms with Crippen LogP contribution in [0.4, 0.5) is 0 Å². The molecule has 1 aromatic heterocycles. The predicted octanol–water partition coefficient (Wildman–Crippen LogP) is 2.54. The smallest absolute Gasteiger partial charge is 0.275 e. The number of carbonyl (C=O) groups excluding carboxylic acids is 1. The quantitative estimate of drug-likeness (QED) is 0.374. The summed E-state index contributed by atoms with van der Waals surface area (Å²) >= 11 is 3.61. The van der Waals surface area contributed by atoms with Gasteiger partial charge in [-0.3, -0.25) is 10.2 Å². The maximum absolute atomic E-state index is 11.3. The number of nitrogen functional groups attached to an aromatic ring is 1. The molecule has 4 nitrogen and oxygen atoms in total. The molecule has 0 spiro atoms. The number of hydrogen-bond acceptors (Lipinski definition) is 4. The van der Waals surface area contributed by atoms with Crippen molar-refractivity contribution >= 4 is 39.8 Å². The zero-order valence-electron chi connectivity index (χ0n) is 9.35. The SMILES string of the molecule is NNC(=O)c1ccc(COc2ccc(I)cc2)s1. The molecule has 3 N–H and O–H groups in total. The first-order valence-electron chi connectivity index (χ1n) is 5.17. The van der Waals surface area contributed by atoms with E-state index in [1.165, 1.54) is 11.3 Å². The highest BCUT2D eigenvalue weighted by atomic mass is 127. The van der Waals surface area contributed by atoms with Crippen molar-refractivity contribution in [3.8, 4) is 5.75 Å². The Hall–Kier alpha value is -1.12. The number of nitrogens with one attached hydrogen (secondary N) is 1. The van der Waals surface area contributed by atoms with Crippen LogP contribution in [0.15, 0.2) is 36.4 Å². The van der Waals surface area contributed by atoms with Crippen LogP contribution in [0, 0.1) is 3.57 Å². The van der Waals surface area contributed by atoms with Gasteiger partial charge in [0.05, 0.1) is 4.88 Å². The topological polar surface area (TPSA) is 64.3 Å². The Labute approximate surface area is 122 Å². The molecule has 94 valence electrons. The van der Waals surface area contributed by atoms with Crippen molar-refractivity contribution in [2.24, 2.45) is 5.84 Å². The van der Waals surface area contributed by atoms with E-state index in [0.717, 1.165) is 14.2 Å². The molecule has 0 saturated heterocycles. The van der Waals surface area contributed by atoms with E-state index in [9.17, 15) is 4.79 Å². The molecule has 0 aliphatic heterocycles. The van der Waals surface area contributed by atoms with Crippen LogP contribution < -0.4 is 16.0 Å². The summed E-state index contributed by atoms with van der Waals surface area (Å²) in [6, 6.07) is 11.4. The highest BCUT2D eigenvalue weighted by Gasteiger charge is 2.07. The van der Waals surface area contributed by atoms with Gasteiger partial charge in [0.2, 0.25) is 0 Å². The minimum absolute atomic E-state index is 0.277. The van der Waals surface area contributed by atoms with E-state index in [1.807, 2.05) is 30.3 Å². The number of benzene rings is 1. The average molecular weight is 374 g/mol. The van der Waals surface area contributed by atoms with Crippen LogP contribution >= 0.6 is 33.9 Å². The number of nitrogens with two attached hydrogens (primary N) is 1. The Balaban J connectivity index is 1.96. The van der Waals surface area contributed by atoms with Gasteiger partial charge < -0.3 is 4.74 Å². The van der Waals surface area contributed by atoms with E-state index in [1.54, 1.807) is 6.07 Å². The normalized spacial score (nSPS) is 10.1. The van der Waals surface area contributed by atoms with Crippen molar-refractivity contribution in [1.29, 1.82) is 0 Å². The van der Waals surface area contributed by atoms with Crippen LogP contribution in [-0.2, 0) is 6.61 Å². The summed E-state index contributed by atoms with van der Waals surface area (Å²) in [4.78, 5) is 12.8. The van der Waals surface area contributed by atoms with E-state index >= 15 is 0 Å². The first-order valence-corrected chi connectivity index (χ1v) is 7.06. The van der Waals surface area contributed by atoms with E-state index in [4.69, 9.17) is 10.6 Å². The van der Waals surface area contributed by atoms with E-state index in [0.29, 0.717) is 11.5 Å². The molecule has 1 aromatic carbocycles. The zero-order chi connectivity index (χ0) is 13.0. The van der Waals surface area contributed by atoms with Crippen LogP contribution in [0.5, 0.6) is 5.75 Å². The lowest BCUT2D eigenvalue weighted by Gasteiger charge is -2.04. The van der Waals surface area contributed by atoms with Gasteiger partial charge in [0, 0.05) is 8.45 Å². The van der Waals surface area contributed by atoms with Crippen LogP contribution in [0.25, 0.3) is 0 Å². The Morgan fingerprint density at radius 3 is 2.67 bits per heavy atom. The molecule has 0 atom stereocenters. The minimum atomic E-state index is -0.277. The summed E-state index contributed by atoms with van der Waals surface area (Å²) in [5.74, 6) is 5.60. The largest absolute Gasteiger partial charge is 0.488 e. The monoisotopic (exact) mass is 374 g/mol. The standard InChI is InChI=1S/C12H11IN2O2S/c13-8-1-3-9(4-2-8)17-7-10-5-6-11(18-10)12(16)15-14/h1-6H,7,14H2,(H,15,16). The number of thiophene rings is 1. The molecule has 6 heteroatoms. The molecular formula is C12H11IN2O2S. The summed E-state index contributed by atoms with van der Waals surface area (Å²) in [6.07, 6.45) is 0. The molecule has 2 aromatic rings. The Kier molecular flexibility index (Phi) is 4.56. The number of carbonyl (C=O) groups is 1. The minimum Gasteiger partial charge on any atom is -0.488 e. The Morgan fingerprint density at radius 2 is 2.00 bits per heavy atom. The lowest BCUT2D eigenvalue weighted by Crippen LogP contribution is -2.29. The Morgan fingerprint density at radius 1 is 1.28 bits per heavy atom. The predicted molar refractivity (Wildman–Crippen MR) is 79.5 cm³/mol. The second-order valence-corrected chi connectivity index (χ2v) is 5.90. The fourth-order valence-corrected chi connectivity index (χ4v) is 2.52. The van der Waals surface area contributed by atoms with Crippen molar-refractivity contribution in [3.05, 3.63) is 49.7 Å². The highest BCUT2D eigenvalue weighted by molar-refractivity contribution is 14.1. The average Bonchev–Trinajstić information content (AvgIpc) is 2.86. The van der Waals surface area contributed by atoms with E-state index < -0.39 is 0 Å². The van der Waals surface area contributed by atoms with Gasteiger partial charge in [-0.05, 0) is 59.0 Å². The second-order valence-electron chi connectivity index (χ2n) is 3.48. The number of rotatable bonds is 4. The molecule has 0 unspecified atom stereocenters. The molecule has 0 saturated carbocycles. The third kappa shape index (κ3) is 3.44. The number of hydrazine groups is 1. The van der Waals surface area contributed by atoms with Gasteiger partial charge in [0.25, 0.3) is 5.91 Å². The lowest BCUT2D eigenvalue weighted by atomic mass is 10.3. The highest BCUT2D eigenvalue weighted by Crippen LogP contribution is 2.20. The van der Waals surface area contributed by atoms with Crippen molar-refractivity contribution < 1.29 is 9.53 Å². The summed E-state index contributed by atoms with van der Waals surface area (Å²) in [7, 11) is 0. The third-order valence-electron chi connectivity index (χ3n) is 2.21. The van der Waals surface area contributed by atoms with Crippen molar-refractivity contribution in [3.63, 3.8) is 0 Å². The lowest BCUT2D eigenvalue weighted by molar-refractivity contribution is 0.0957. The molecule has 1 heterocycles. The van der Waals surface area contributed by atoms with Crippen LogP contribution in [0.2, 0.25) is 0 Å².